The Kier molecular flexibility index (Phi) is 5.64. The zero-order valence-electron chi connectivity index (χ0n) is 7.22. The van der Waals surface area contributed by atoms with E-state index in [2.05, 4.69) is 19.2 Å². The number of hydrogen-bond acceptors (Lipinski definition) is 2. The molecule has 0 spiro atoms. The van der Waals surface area contributed by atoms with Gasteiger partial charge in [-0.1, -0.05) is 13.8 Å². The summed E-state index contributed by atoms with van der Waals surface area (Å²) < 4.78 is 0. The standard InChI is InChI=1S/C8H19NO/c1-4-7(3)9-6-8(10)5-2/h7-10H,4-6H2,1-3H3. The average Bonchev–Trinajstić information content (AvgIpc) is 1.99. The molecule has 10 heavy (non-hydrogen) atoms. The maximum Gasteiger partial charge on any atom is 0.0662 e. The van der Waals surface area contributed by atoms with Crippen molar-refractivity contribution in [1.29, 1.82) is 0 Å². The predicted octanol–water partition coefficient (Wildman–Crippen LogP) is 1.15. The van der Waals surface area contributed by atoms with Gasteiger partial charge in [-0.2, -0.15) is 0 Å². The SMILES string of the molecule is CCC(O)CNC(C)CC. The molecule has 2 atom stereocenters. The molecule has 2 N–H and O–H groups in total. The lowest BCUT2D eigenvalue weighted by Gasteiger charge is -2.13. The van der Waals surface area contributed by atoms with Crippen LogP contribution in [-0.2, 0) is 0 Å². The maximum atomic E-state index is 9.14. The minimum absolute atomic E-state index is 0.172. The van der Waals surface area contributed by atoms with Crippen molar-refractivity contribution in [2.45, 2.75) is 45.8 Å². The van der Waals surface area contributed by atoms with Crippen LogP contribution in [0.4, 0.5) is 0 Å². The van der Waals surface area contributed by atoms with Gasteiger partial charge in [-0.25, -0.2) is 0 Å². The molecule has 0 aliphatic rings. The van der Waals surface area contributed by atoms with E-state index in [1.807, 2.05) is 6.92 Å². The lowest BCUT2D eigenvalue weighted by atomic mass is 10.2. The van der Waals surface area contributed by atoms with E-state index in [1.54, 1.807) is 0 Å². The number of nitrogens with one attached hydrogen (secondary N) is 1. The molecule has 2 heteroatoms. The second-order valence-corrected chi connectivity index (χ2v) is 2.78. The molecule has 0 bridgehead atoms. The average molecular weight is 145 g/mol. The van der Waals surface area contributed by atoms with Crippen molar-refractivity contribution in [3.63, 3.8) is 0 Å². The Hall–Kier alpha value is -0.0800. The Morgan fingerprint density at radius 3 is 2.30 bits per heavy atom. The van der Waals surface area contributed by atoms with Crippen molar-refractivity contribution in [2.24, 2.45) is 0 Å². The summed E-state index contributed by atoms with van der Waals surface area (Å²) in [6, 6.07) is 0.529. The third-order valence-electron chi connectivity index (χ3n) is 1.79. The molecule has 2 unspecified atom stereocenters. The zero-order valence-corrected chi connectivity index (χ0v) is 7.22. The molecule has 2 nitrogen and oxygen atoms in total. The smallest absolute Gasteiger partial charge is 0.0662 e. The van der Waals surface area contributed by atoms with Crippen LogP contribution < -0.4 is 5.32 Å². The van der Waals surface area contributed by atoms with Gasteiger partial charge >= 0.3 is 0 Å². The minimum atomic E-state index is -0.172. The molecule has 0 amide bonds. The van der Waals surface area contributed by atoms with Gasteiger partial charge in [0.15, 0.2) is 0 Å². The monoisotopic (exact) mass is 145 g/mol. The largest absolute Gasteiger partial charge is 0.392 e. The first kappa shape index (κ1) is 9.92. The van der Waals surface area contributed by atoms with Crippen LogP contribution >= 0.6 is 0 Å². The highest BCUT2D eigenvalue weighted by Gasteiger charge is 2.01. The Morgan fingerprint density at radius 1 is 1.30 bits per heavy atom. The summed E-state index contributed by atoms with van der Waals surface area (Å²) in [7, 11) is 0. The van der Waals surface area contributed by atoms with E-state index in [1.165, 1.54) is 0 Å². The van der Waals surface area contributed by atoms with Crippen molar-refractivity contribution in [3.05, 3.63) is 0 Å². The highest BCUT2D eigenvalue weighted by molar-refractivity contribution is 4.61. The van der Waals surface area contributed by atoms with Crippen LogP contribution in [0.25, 0.3) is 0 Å². The molecule has 0 saturated carbocycles. The fraction of sp³-hybridized carbons (Fsp3) is 1.00. The van der Waals surface area contributed by atoms with E-state index in [4.69, 9.17) is 5.11 Å². The molecule has 0 aromatic heterocycles. The Balaban J connectivity index is 3.17. The van der Waals surface area contributed by atoms with E-state index < -0.39 is 0 Å². The highest BCUT2D eigenvalue weighted by Crippen LogP contribution is 1.91. The molecule has 0 aromatic carbocycles. The molecule has 0 fully saturated rings. The van der Waals surface area contributed by atoms with Crippen molar-refractivity contribution in [3.8, 4) is 0 Å². The Bertz CT molecular complexity index is 65.7. The van der Waals surface area contributed by atoms with Gasteiger partial charge < -0.3 is 10.4 Å². The zero-order chi connectivity index (χ0) is 7.98. The Morgan fingerprint density at radius 2 is 1.90 bits per heavy atom. The second kappa shape index (κ2) is 5.69. The summed E-state index contributed by atoms with van der Waals surface area (Å²) in [6.45, 7) is 6.98. The number of hydrogen-bond donors (Lipinski definition) is 2. The fourth-order valence-electron chi connectivity index (χ4n) is 0.626. The van der Waals surface area contributed by atoms with E-state index in [-0.39, 0.29) is 6.10 Å². The van der Waals surface area contributed by atoms with Crippen LogP contribution in [0.5, 0.6) is 0 Å². The van der Waals surface area contributed by atoms with Crippen LogP contribution in [0, 0.1) is 0 Å². The van der Waals surface area contributed by atoms with E-state index in [0.29, 0.717) is 6.04 Å². The summed E-state index contributed by atoms with van der Waals surface area (Å²) in [5.74, 6) is 0. The van der Waals surface area contributed by atoms with Gasteiger partial charge in [-0.05, 0) is 19.8 Å². The van der Waals surface area contributed by atoms with E-state index in [0.717, 1.165) is 19.4 Å². The first-order valence-corrected chi connectivity index (χ1v) is 4.12. The fourth-order valence-corrected chi connectivity index (χ4v) is 0.626. The number of aliphatic hydroxyl groups excluding tert-OH is 1. The maximum absolute atomic E-state index is 9.14. The van der Waals surface area contributed by atoms with E-state index in [9.17, 15) is 0 Å². The second-order valence-electron chi connectivity index (χ2n) is 2.78. The van der Waals surface area contributed by atoms with Crippen molar-refractivity contribution in [1.82, 2.24) is 5.32 Å². The lowest BCUT2D eigenvalue weighted by molar-refractivity contribution is 0.163. The van der Waals surface area contributed by atoms with Crippen LogP contribution in [0.1, 0.15) is 33.6 Å². The van der Waals surface area contributed by atoms with E-state index >= 15 is 0 Å². The molecule has 0 rings (SSSR count). The molecule has 0 saturated heterocycles. The molecule has 0 aliphatic carbocycles. The van der Waals surface area contributed by atoms with Gasteiger partial charge in [0.25, 0.3) is 0 Å². The third-order valence-corrected chi connectivity index (χ3v) is 1.79. The molecular weight excluding hydrogens is 126 g/mol. The quantitative estimate of drug-likeness (QED) is 0.608. The summed E-state index contributed by atoms with van der Waals surface area (Å²) in [5, 5.41) is 12.4. The van der Waals surface area contributed by atoms with Gasteiger partial charge in [0.2, 0.25) is 0 Å². The van der Waals surface area contributed by atoms with Crippen molar-refractivity contribution < 1.29 is 5.11 Å². The van der Waals surface area contributed by atoms with Gasteiger partial charge in [-0.3, -0.25) is 0 Å². The Labute approximate surface area is 63.6 Å². The van der Waals surface area contributed by atoms with Gasteiger partial charge in [0.05, 0.1) is 6.10 Å². The molecule has 0 heterocycles. The van der Waals surface area contributed by atoms with Gasteiger partial charge in [0.1, 0.15) is 0 Å². The summed E-state index contributed by atoms with van der Waals surface area (Å²) >= 11 is 0. The summed E-state index contributed by atoms with van der Waals surface area (Å²) in [6.07, 6.45) is 1.79. The van der Waals surface area contributed by atoms with Crippen LogP contribution in [0.2, 0.25) is 0 Å². The van der Waals surface area contributed by atoms with Gasteiger partial charge in [0, 0.05) is 12.6 Å². The number of aliphatic hydroxyl groups is 1. The van der Waals surface area contributed by atoms with Crippen LogP contribution in [-0.4, -0.2) is 23.8 Å². The summed E-state index contributed by atoms with van der Waals surface area (Å²) in [5.41, 5.74) is 0. The lowest BCUT2D eigenvalue weighted by Crippen LogP contribution is -2.32. The normalized spacial score (nSPS) is 16.8. The molecule has 0 radical (unpaired) electrons. The molecule has 0 aromatic rings. The number of rotatable bonds is 5. The molecular formula is C8H19NO. The van der Waals surface area contributed by atoms with Gasteiger partial charge in [-0.15, -0.1) is 0 Å². The van der Waals surface area contributed by atoms with Crippen LogP contribution in [0.3, 0.4) is 0 Å². The first-order chi connectivity index (χ1) is 4.70. The highest BCUT2D eigenvalue weighted by atomic mass is 16.3. The molecule has 62 valence electrons. The first-order valence-electron chi connectivity index (χ1n) is 4.12. The predicted molar refractivity (Wildman–Crippen MR) is 44.1 cm³/mol. The summed E-state index contributed by atoms with van der Waals surface area (Å²) in [4.78, 5) is 0. The topological polar surface area (TPSA) is 32.3 Å². The molecule has 0 aliphatic heterocycles. The van der Waals surface area contributed by atoms with Crippen molar-refractivity contribution in [2.75, 3.05) is 6.54 Å². The minimum Gasteiger partial charge on any atom is -0.392 e. The van der Waals surface area contributed by atoms with Crippen molar-refractivity contribution >= 4 is 0 Å². The van der Waals surface area contributed by atoms with Crippen LogP contribution in [0.15, 0.2) is 0 Å². The third kappa shape index (κ3) is 4.77.